The summed E-state index contributed by atoms with van der Waals surface area (Å²) in [6.07, 6.45) is 1.63. The summed E-state index contributed by atoms with van der Waals surface area (Å²) < 4.78 is 39.7. The quantitative estimate of drug-likeness (QED) is 0.318. The molecule has 39 heavy (non-hydrogen) atoms. The Morgan fingerprint density at radius 3 is 2.18 bits per heavy atom. The van der Waals surface area contributed by atoms with Crippen LogP contribution in [-0.2, 0) is 32.6 Å². The van der Waals surface area contributed by atoms with Gasteiger partial charge in [-0.3, -0.25) is 13.9 Å². The van der Waals surface area contributed by atoms with Gasteiger partial charge in [0.1, 0.15) is 11.9 Å². The average molecular weight is 574 g/mol. The number of rotatable bonds is 13. The molecule has 0 spiro atoms. The number of benzene rings is 3. The highest BCUT2D eigenvalue weighted by Crippen LogP contribution is 2.22. The van der Waals surface area contributed by atoms with E-state index in [1.807, 2.05) is 30.3 Å². The summed E-state index contributed by atoms with van der Waals surface area (Å²) in [5.41, 5.74) is 2.00. The second-order valence-electron chi connectivity index (χ2n) is 9.16. The molecule has 0 aliphatic rings. The van der Waals surface area contributed by atoms with Gasteiger partial charge >= 0.3 is 0 Å². The van der Waals surface area contributed by atoms with Crippen LogP contribution in [0.2, 0.25) is 5.02 Å². The van der Waals surface area contributed by atoms with E-state index in [9.17, 15) is 22.4 Å². The van der Waals surface area contributed by atoms with Crippen molar-refractivity contribution < 1.29 is 22.4 Å². The number of carbonyl (C=O) groups is 2. The molecule has 0 aliphatic heterocycles. The fraction of sp³-hybridized carbons (Fsp3) is 0.310. The number of likely N-dealkylation sites (N-methyl/N-ethyl adjacent to an activating group) is 1. The molecular weight excluding hydrogens is 541 g/mol. The van der Waals surface area contributed by atoms with Crippen LogP contribution in [0, 0.1) is 5.82 Å². The number of nitrogens with zero attached hydrogens (tertiary/aromatic N) is 2. The third-order valence-electron chi connectivity index (χ3n) is 6.16. The smallest absolute Gasteiger partial charge is 0.243 e. The zero-order chi connectivity index (χ0) is 28.4. The lowest BCUT2D eigenvalue weighted by atomic mass is 10.0. The molecule has 1 atom stereocenters. The molecule has 7 nitrogen and oxygen atoms in total. The lowest BCUT2D eigenvalue weighted by Crippen LogP contribution is -2.50. The highest BCUT2D eigenvalue weighted by Gasteiger charge is 2.30. The molecule has 3 rings (SSSR count). The minimum absolute atomic E-state index is 0.00546. The second-order valence-corrected chi connectivity index (χ2v) is 11.5. The number of hydrogen-bond acceptors (Lipinski definition) is 4. The summed E-state index contributed by atoms with van der Waals surface area (Å²) in [7, 11) is -3.61. The maximum Gasteiger partial charge on any atom is 0.243 e. The Bertz CT molecular complexity index is 1340. The van der Waals surface area contributed by atoms with Crippen LogP contribution in [0.25, 0.3) is 0 Å². The Kier molecular flexibility index (Phi) is 10.9. The van der Waals surface area contributed by atoms with Gasteiger partial charge in [0.15, 0.2) is 0 Å². The lowest BCUT2D eigenvalue weighted by Gasteiger charge is -2.32. The maximum atomic E-state index is 13.7. The minimum atomic E-state index is -3.61. The van der Waals surface area contributed by atoms with Crippen LogP contribution in [0.1, 0.15) is 30.9 Å². The fourth-order valence-corrected chi connectivity index (χ4v) is 5.34. The third-order valence-corrected chi connectivity index (χ3v) is 7.60. The van der Waals surface area contributed by atoms with Crippen molar-refractivity contribution in [3.8, 4) is 0 Å². The number of amides is 2. The van der Waals surface area contributed by atoms with Crippen molar-refractivity contribution in [2.45, 2.75) is 38.8 Å². The van der Waals surface area contributed by atoms with Crippen LogP contribution in [-0.4, -0.2) is 50.5 Å². The summed E-state index contributed by atoms with van der Waals surface area (Å²) in [5, 5.41) is 3.31. The summed E-state index contributed by atoms with van der Waals surface area (Å²) in [4.78, 5) is 28.4. The van der Waals surface area contributed by atoms with E-state index >= 15 is 0 Å². The standard InChI is InChI=1S/C29H33ClFN3O4S/c1-3-32-29(36)27(20-22-8-5-4-6-9-22)33(21-23-11-15-25(31)16-12-23)28(35)10-7-19-34(39(2,37)38)26-17-13-24(30)14-18-26/h4-6,8-9,11-18,27H,3,7,10,19-21H2,1-2H3,(H,32,36)/t27-/m1/s1. The van der Waals surface area contributed by atoms with Gasteiger partial charge in [-0.05, 0) is 60.9 Å². The first kappa shape index (κ1) is 30.1. The van der Waals surface area contributed by atoms with E-state index in [-0.39, 0.29) is 37.7 Å². The topological polar surface area (TPSA) is 86.8 Å². The molecule has 0 saturated carbocycles. The molecule has 0 bridgehead atoms. The molecule has 3 aromatic carbocycles. The van der Waals surface area contributed by atoms with Crippen molar-refractivity contribution in [2.75, 3.05) is 23.7 Å². The molecule has 0 aromatic heterocycles. The molecule has 208 valence electrons. The normalized spacial score (nSPS) is 12.0. The summed E-state index contributed by atoms with van der Waals surface area (Å²) >= 11 is 5.95. The number of carbonyl (C=O) groups excluding carboxylic acids is 2. The van der Waals surface area contributed by atoms with Gasteiger partial charge in [0.05, 0.1) is 11.9 Å². The summed E-state index contributed by atoms with van der Waals surface area (Å²) in [6, 6.07) is 20.8. The van der Waals surface area contributed by atoms with Crippen LogP contribution < -0.4 is 9.62 Å². The third kappa shape index (κ3) is 9.07. The van der Waals surface area contributed by atoms with Gasteiger partial charge in [0.25, 0.3) is 0 Å². The van der Waals surface area contributed by atoms with Crippen molar-refractivity contribution in [1.82, 2.24) is 10.2 Å². The van der Waals surface area contributed by atoms with Gasteiger partial charge < -0.3 is 10.2 Å². The van der Waals surface area contributed by atoms with E-state index in [1.165, 1.54) is 21.3 Å². The minimum Gasteiger partial charge on any atom is -0.355 e. The summed E-state index contributed by atoms with van der Waals surface area (Å²) in [6.45, 7) is 2.37. The van der Waals surface area contributed by atoms with Crippen LogP contribution in [0.3, 0.4) is 0 Å². The summed E-state index contributed by atoms with van der Waals surface area (Å²) in [5.74, 6) is -1.00. The Balaban J connectivity index is 1.85. The van der Waals surface area contributed by atoms with Crippen LogP contribution in [0.15, 0.2) is 78.9 Å². The Hall–Kier alpha value is -3.43. The zero-order valence-corrected chi connectivity index (χ0v) is 23.6. The van der Waals surface area contributed by atoms with E-state index < -0.39 is 21.9 Å². The predicted octanol–water partition coefficient (Wildman–Crippen LogP) is 4.80. The Morgan fingerprint density at radius 1 is 0.949 bits per heavy atom. The molecule has 0 aliphatic carbocycles. The van der Waals surface area contributed by atoms with Gasteiger partial charge in [-0.15, -0.1) is 0 Å². The van der Waals surface area contributed by atoms with Gasteiger partial charge in [0.2, 0.25) is 21.8 Å². The van der Waals surface area contributed by atoms with E-state index in [4.69, 9.17) is 11.6 Å². The zero-order valence-electron chi connectivity index (χ0n) is 22.0. The first-order valence-electron chi connectivity index (χ1n) is 12.7. The van der Waals surface area contributed by atoms with Crippen molar-refractivity contribution in [3.05, 3.63) is 101 Å². The first-order chi connectivity index (χ1) is 18.6. The maximum absolute atomic E-state index is 13.7. The first-order valence-corrected chi connectivity index (χ1v) is 14.9. The molecule has 2 amide bonds. The van der Waals surface area contributed by atoms with E-state index in [0.29, 0.717) is 29.2 Å². The van der Waals surface area contributed by atoms with Crippen LogP contribution >= 0.6 is 11.6 Å². The van der Waals surface area contributed by atoms with E-state index in [1.54, 1.807) is 43.3 Å². The van der Waals surface area contributed by atoms with Gasteiger partial charge in [-0.25, -0.2) is 12.8 Å². The van der Waals surface area contributed by atoms with E-state index in [2.05, 4.69) is 5.32 Å². The van der Waals surface area contributed by atoms with Crippen LogP contribution in [0.4, 0.5) is 10.1 Å². The molecule has 0 heterocycles. The number of nitrogens with one attached hydrogen (secondary N) is 1. The molecule has 1 N–H and O–H groups in total. The number of sulfonamides is 1. The van der Waals surface area contributed by atoms with Crippen molar-refractivity contribution in [2.24, 2.45) is 0 Å². The number of halogens is 2. The van der Waals surface area contributed by atoms with Crippen molar-refractivity contribution >= 4 is 39.1 Å². The molecule has 10 heteroatoms. The highest BCUT2D eigenvalue weighted by molar-refractivity contribution is 7.92. The van der Waals surface area contributed by atoms with Gasteiger partial charge in [-0.1, -0.05) is 54.1 Å². The highest BCUT2D eigenvalue weighted by atomic mass is 35.5. The monoisotopic (exact) mass is 573 g/mol. The molecule has 0 saturated heterocycles. The second kappa shape index (κ2) is 14.1. The molecule has 0 unspecified atom stereocenters. The molecular formula is C29H33ClFN3O4S. The van der Waals surface area contributed by atoms with E-state index in [0.717, 1.165) is 11.8 Å². The van der Waals surface area contributed by atoms with Crippen molar-refractivity contribution in [3.63, 3.8) is 0 Å². The Morgan fingerprint density at radius 2 is 1.59 bits per heavy atom. The van der Waals surface area contributed by atoms with Crippen molar-refractivity contribution in [1.29, 1.82) is 0 Å². The SMILES string of the molecule is CCNC(=O)[C@@H](Cc1ccccc1)N(Cc1ccc(F)cc1)C(=O)CCCN(c1ccc(Cl)cc1)S(C)(=O)=O. The Labute approximate surface area is 234 Å². The largest absolute Gasteiger partial charge is 0.355 e. The number of hydrogen-bond donors (Lipinski definition) is 1. The predicted molar refractivity (Wildman–Crippen MR) is 152 cm³/mol. The molecule has 3 aromatic rings. The molecule has 0 radical (unpaired) electrons. The average Bonchev–Trinajstić information content (AvgIpc) is 2.90. The fourth-order valence-electron chi connectivity index (χ4n) is 4.24. The van der Waals surface area contributed by atoms with Gasteiger partial charge in [-0.2, -0.15) is 0 Å². The van der Waals surface area contributed by atoms with Crippen LogP contribution in [0.5, 0.6) is 0 Å². The molecule has 0 fully saturated rings. The number of anilines is 1. The lowest BCUT2D eigenvalue weighted by molar-refractivity contribution is -0.141. The van der Waals surface area contributed by atoms with Gasteiger partial charge in [0, 0.05) is 37.5 Å².